The van der Waals surface area contributed by atoms with Gasteiger partial charge in [-0.25, -0.2) is 4.79 Å². The van der Waals surface area contributed by atoms with E-state index in [1.807, 2.05) is 12.1 Å². The molecule has 0 saturated carbocycles. The first kappa shape index (κ1) is 20.8. The summed E-state index contributed by atoms with van der Waals surface area (Å²) in [5, 5.41) is 9.01. The predicted octanol–water partition coefficient (Wildman–Crippen LogP) is -0.538. The van der Waals surface area contributed by atoms with Crippen LogP contribution < -0.4 is 20.9 Å². The Labute approximate surface area is 176 Å². The van der Waals surface area contributed by atoms with Crippen LogP contribution in [-0.4, -0.2) is 81.1 Å². The van der Waals surface area contributed by atoms with Crippen LogP contribution in [0.1, 0.15) is 28.8 Å². The molecule has 2 unspecified atom stereocenters. The molecule has 3 N–H and O–H groups in total. The Bertz CT molecular complexity index is 830. The number of nitrogens with one attached hydrogen (secondary N) is 3. The van der Waals surface area contributed by atoms with Crippen molar-refractivity contribution >= 4 is 23.5 Å². The normalized spacial score (nSPS) is 24.9. The van der Waals surface area contributed by atoms with Crippen LogP contribution in [0.5, 0.6) is 0 Å². The number of hydrogen-bond donors (Lipinski definition) is 3. The van der Waals surface area contributed by atoms with Crippen LogP contribution in [0.3, 0.4) is 0 Å². The van der Waals surface area contributed by atoms with Crippen molar-refractivity contribution in [2.24, 2.45) is 0 Å². The number of nitrogens with zero attached hydrogens (tertiary/aromatic N) is 2. The summed E-state index contributed by atoms with van der Waals surface area (Å²) in [5.41, 5.74) is 2.33. The molecular weight excluding hydrogens is 386 g/mol. The molecule has 3 aliphatic rings. The van der Waals surface area contributed by atoms with Crippen molar-refractivity contribution in [3.63, 3.8) is 0 Å². The van der Waals surface area contributed by atoms with Gasteiger partial charge >= 0.3 is 5.97 Å². The highest BCUT2D eigenvalue weighted by molar-refractivity contribution is 6.00. The van der Waals surface area contributed by atoms with E-state index in [4.69, 9.17) is 4.74 Å². The van der Waals surface area contributed by atoms with Gasteiger partial charge in [-0.3, -0.25) is 19.8 Å². The van der Waals surface area contributed by atoms with Crippen molar-refractivity contribution in [3.8, 4) is 0 Å². The zero-order chi connectivity index (χ0) is 21.1. The van der Waals surface area contributed by atoms with Gasteiger partial charge in [-0.1, -0.05) is 0 Å². The molecule has 9 nitrogen and oxygen atoms in total. The average molecular weight is 415 g/mol. The second-order valence-corrected chi connectivity index (χ2v) is 8.06. The van der Waals surface area contributed by atoms with Gasteiger partial charge in [0.1, 0.15) is 0 Å². The van der Waals surface area contributed by atoms with Crippen molar-refractivity contribution in [3.05, 3.63) is 29.3 Å². The highest BCUT2D eigenvalue weighted by Crippen LogP contribution is 2.24. The third-order valence-corrected chi connectivity index (χ3v) is 6.20. The van der Waals surface area contributed by atoms with E-state index in [2.05, 4.69) is 25.8 Å². The summed E-state index contributed by atoms with van der Waals surface area (Å²) >= 11 is 0. The van der Waals surface area contributed by atoms with Crippen LogP contribution in [0.4, 0.5) is 5.69 Å². The van der Waals surface area contributed by atoms with E-state index in [-0.39, 0.29) is 11.8 Å². The largest absolute Gasteiger partial charge is 0.465 e. The summed E-state index contributed by atoms with van der Waals surface area (Å²) in [4.78, 5) is 40.6. The quantitative estimate of drug-likeness (QED) is 0.435. The lowest BCUT2D eigenvalue weighted by Crippen LogP contribution is -2.61. The van der Waals surface area contributed by atoms with Crippen molar-refractivity contribution in [2.45, 2.75) is 31.5 Å². The maximum absolute atomic E-state index is 12.3. The molecule has 0 spiro atoms. The zero-order valence-corrected chi connectivity index (χ0v) is 17.3. The lowest BCUT2D eigenvalue weighted by atomic mass is 10.0. The van der Waals surface area contributed by atoms with Crippen molar-refractivity contribution in [1.29, 1.82) is 0 Å². The molecule has 0 aromatic heterocycles. The first-order valence-electron chi connectivity index (χ1n) is 10.5. The second-order valence-electron chi connectivity index (χ2n) is 8.06. The Kier molecular flexibility index (Phi) is 6.31. The smallest absolute Gasteiger partial charge is 0.338 e. The van der Waals surface area contributed by atoms with Gasteiger partial charge < -0.3 is 20.3 Å². The molecule has 3 fully saturated rings. The van der Waals surface area contributed by atoms with Crippen LogP contribution in [0.15, 0.2) is 18.2 Å². The molecule has 2 amide bonds. The maximum atomic E-state index is 12.3. The topological polar surface area (TPSA) is 103 Å². The van der Waals surface area contributed by atoms with Gasteiger partial charge in [0.25, 0.3) is 0 Å². The minimum absolute atomic E-state index is 0.244. The minimum Gasteiger partial charge on any atom is -0.465 e. The Balaban J connectivity index is 1.50. The molecule has 162 valence electrons. The summed E-state index contributed by atoms with van der Waals surface area (Å²) < 4.78 is 4.94. The fourth-order valence-corrected chi connectivity index (χ4v) is 4.46. The molecule has 3 heterocycles. The second kappa shape index (κ2) is 9.11. The van der Waals surface area contributed by atoms with Gasteiger partial charge in [0.05, 0.1) is 18.7 Å². The lowest BCUT2D eigenvalue weighted by molar-refractivity contribution is -0.134. The number of ether oxygens (including phenoxy) is 1. The molecule has 30 heavy (non-hydrogen) atoms. The van der Waals surface area contributed by atoms with Gasteiger partial charge in [-0.2, -0.15) is 0 Å². The lowest BCUT2D eigenvalue weighted by Gasteiger charge is -2.45. The standard InChI is InChI=1S/C21H29N5O4/c1-30-21(29)17-3-2-15(26-9-8-25-7-6-22-12-16(25)13-26)10-14(17)11-23-18-4-5-19(27)24-20(18)28/h2-3,10,16,18,22-23H,4-9,11-13H2,1H3,(H,24,27,28). The number of esters is 1. The van der Waals surface area contributed by atoms with Gasteiger partial charge in [-0.05, 0) is 30.2 Å². The SMILES string of the molecule is COC(=O)c1ccc(N2CCN3CCNCC3C2)cc1CNC1CCC(=O)NC1=O. The van der Waals surface area contributed by atoms with Crippen molar-refractivity contribution in [2.75, 3.05) is 51.3 Å². The third-order valence-electron chi connectivity index (χ3n) is 6.20. The van der Waals surface area contributed by atoms with Crippen LogP contribution in [0.25, 0.3) is 0 Å². The van der Waals surface area contributed by atoms with Gasteiger partial charge in [0.15, 0.2) is 0 Å². The van der Waals surface area contributed by atoms with Crippen molar-refractivity contribution < 1.29 is 19.1 Å². The molecule has 3 aliphatic heterocycles. The first-order valence-corrected chi connectivity index (χ1v) is 10.5. The molecule has 3 saturated heterocycles. The molecule has 9 heteroatoms. The number of anilines is 1. The monoisotopic (exact) mass is 415 g/mol. The number of piperidine rings is 1. The van der Waals surface area contributed by atoms with Gasteiger partial charge in [0.2, 0.25) is 11.8 Å². The summed E-state index contributed by atoms with van der Waals surface area (Å²) in [7, 11) is 1.36. The minimum atomic E-state index is -0.450. The summed E-state index contributed by atoms with van der Waals surface area (Å²) in [6.45, 7) is 6.35. The van der Waals surface area contributed by atoms with Gasteiger partial charge in [-0.15, -0.1) is 0 Å². The Morgan fingerprint density at radius 3 is 2.93 bits per heavy atom. The fraction of sp³-hybridized carbons (Fsp3) is 0.571. The van der Waals surface area contributed by atoms with Crippen molar-refractivity contribution in [1.82, 2.24) is 20.9 Å². The molecule has 0 radical (unpaired) electrons. The maximum Gasteiger partial charge on any atom is 0.338 e. The molecule has 4 rings (SSSR count). The Hall–Kier alpha value is -2.49. The number of carbonyl (C=O) groups excluding carboxylic acids is 3. The average Bonchev–Trinajstić information content (AvgIpc) is 2.77. The zero-order valence-electron chi connectivity index (χ0n) is 17.3. The fourth-order valence-electron chi connectivity index (χ4n) is 4.46. The number of carbonyl (C=O) groups is 3. The number of hydrogen-bond acceptors (Lipinski definition) is 8. The predicted molar refractivity (Wildman–Crippen MR) is 111 cm³/mol. The third kappa shape index (κ3) is 4.48. The van der Waals surface area contributed by atoms with E-state index < -0.39 is 12.0 Å². The number of imide groups is 1. The van der Waals surface area contributed by atoms with E-state index in [0.29, 0.717) is 31.0 Å². The number of benzene rings is 1. The summed E-state index contributed by atoms with van der Waals surface area (Å²) in [5.74, 6) is -0.961. The molecular formula is C21H29N5O4. The van der Waals surface area contributed by atoms with Crippen LogP contribution >= 0.6 is 0 Å². The number of fused-ring (bicyclic) bond motifs is 1. The van der Waals surface area contributed by atoms with E-state index in [9.17, 15) is 14.4 Å². The van der Waals surface area contributed by atoms with Crippen LogP contribution in [0, 0.1) is 0 Å². The first-order chi connectivity index (χ1) is 14.5. The Morgan fingerprint density at radius 2 is 2.13 bits per heavy atom. The number of rotatable bonds is 5. The molecule has 2 atom stereocenters. The van der Waals surface area contributed by atoms with E-state index in [0.717, 1.165) is 50.5 Å². The number of piperazine rings is 2. The van der Waals surface area contributed by atoms with Gasteiger partial charge in [0, 0.05) is 64.0 Å². The molecule has 0 bridgehead atoms. The summed E-state index contributed by atoms with van der Waals surface area (Å²) in [6.07, 6.45) is 0.765. The van der Waals surface area contributed by atoms with Crippen LogP contribution in [0.2, 0.25) is 0 Å². The van der Waals surface area contributed by atoms with E-state index in [1.54, 1.807) is 6.07 Å². The van der Waals surface area contributed by atoms with E-state index in [1.165, 1.54) is 7.11 Å². The highest BCUT2D eigenvalue weighted by Gasteiger charge is 2.30. The number of methoxy groups -OCH3 is 1. The molecule has 0 aliphatic carbocycles. The molecule has 1 aromatic carbocycles. The van der Waals surface area contributed by atoms with E-state index >= 15 is 0 Å². The number of amides is 2. The molecule has 1 aromatic rings. The van der Waals surface area contributed by atoms with Crippen LogP contribution in [-0.2, 0) is 20.9 Å². The highest BCUT2D eigenvalue weighted by atomic mass is 16.5. The Morgan fingerprint density at radius 1 is 1.27 bits per heavy atom. The summed E-state index contributed by atoms with van der Waals surface area (Å²) in [6, 6.07) is 5.81.